The Bertz CT molecular complexity index is 968. The highest BCUT2D eigenvalue weighted by molar-refractivity contribution is 6.34. The van der Waals surface area contributed by atoms with Crippen LogP contribution in [0.4, 0.5) is 11.4 Å². The van der Waals surface area contributed by atoms with E-state index in [0.717, 1.165) is 11.0 Å². The Morgan fingerprint density at radius 1 is 1.11 bits per heavy atom. The number of nitro benzene ring substituents is 1. The maximum Gasteiger partial charge on any atom is 0.270 e. The normalized spacial score (nSPS) is 13.1. The number of amides is 3. The lowest BCUT2D eigenvalue weighted by Crippen LogP contribution is -2.30. The van der Waals surface area contributed by atoms with Gasteiger partial charge in [0.05, 0.1) is 21.7 Å². The van der Waals surface area contributed by atoms with Crippen molar-refractivity contribution in [2.75, 3.05) is 11.4 Å². The van der Waals surface area contributed by atoms with Gasteiger partial charge in [0.15, 0.2) is 0 Å². The predicted octanol–water partition coefficient (Wildman–Crippen LogP) is 2.78. The van der Waals surface area contributed by atoms with E-state index in [2.05, 4.69) is 5.32 Å². The van der Waals surface area contributed by atoms with Crippen molar-refractivity contribution in [3.05, 3.63) is 69.3 Å². The van der Waals surface area contributed by atoms with Crippen LogP contribution in [0.5, 0.6) is 0 Å². The highest BCUT2D eigenvalue weighted by Crippen LogP contribution is 2.31. The van der Waals surface area contributed by atoms with E-state index in [1.807, 2.05) is 13.8 Å². The van der Waals surface area contributed by atoms with Crippen molar-refractivity contribution in [1.29, 1.82) is 0 Å². The zero-order chi connectivity index (χ0) is 19.7. The lowest BCUT2D eigenvalue weighted by atomic mass is 10.1. The Kier molecular flexibility index (Phi) is 4.72. The molecule has 2 aromatic rings. The molecule has 8 nitrogen and oxygen atoms in total. The van der Waals surface area contributed by atoms with Crippen molar-refractivity contribution in [1.82, 2.24) is 5.32 Å². The number of anilines is 1. The zero-order valence-corrected chi connectivity index (χ0v) is 14.8. The van der Waals surface area contributed by atoms with Crippen LogP contribution in [0.25, 0.3) is 0 Å². The molecule has 3 amide bonds. The van der Waals surface area contributed by atoms with E-state index >= 15 is 0 Å². The van der Waals surface area contributed by atoms with Crippen molar-refractivity contribution in [3.63, 3.8) is 0 Å². The van der Waals surface area contributed by atoms with Gasteiger partial charge in [0.25, 0.3) is 23.4 Å². The summed E-state index contributed by atoms with van der Waals surface area (Å²) in [6.07, 6.45) is 0. The summed E-state index contributed by atoms with van der Waals surface area (Å²) in [6.45, 7) is 4.43. The van der Waals surface area contributed by atoms with Crippen LogP contribution in [0.3, 0.4) is 0 Å². The quantitative estimate of drug-likeness (QED) is 0.496. The van der Waals surface area contributed by atoms with Crippen molar-refractivity contribution >= 4 is 29.1 Å². The summed E-state index contributed by atoms with van der Waals surface area (Å²) in [5.74, 6) is -1.26. The van der Waals surface area contributed by atoms with Gasteiger partial charge in [0.1, 0.15) is 0 Å². The summed E-state index contributed by atoms with van der Waals surface area (Å²) in [7, 11) is 0. The standard InChI is InChI=1S/C19H17N3O5/c1-11(2)10-20-17(23)12-4-3-5-13(8-12)21-18(24)15-7-6-14(22(26)27)9-16(15)19(21)25/h3-9,11H,10H2,1-2H3,(H,20,23). The Labute approximate surface area is 154 Å². The molecule has 1 aliphatic heterocycles. The lowest BCUT2D eigenvalue weighted by molar-refractivity contribution is -0.384. The van der Waals surface area contributed by atoms with Crippen LogP contribution >= 0.6 is 0 Å². The fourth-order valence-corrected chi connectivity index (χ4v) is 2.76. The van der Waals surface area contributed by atoms with Gasteiger partial charge in [-0.2, -0.15) is 0 Å². The number of carbonyl (C=O) groups is 3. The topological polar surface area (TPSA) is 110 Å². The molecule has 3 rings (SSSR count). The SMILES string of the molecule is CC(C)CNC(=O)c1cccc(N2C(=O)c3ccc([N+](=O)[O-])cc3C2=O)c1. The first-order valence-electron chi connectivity index (χ1n) is 8.35. The number of nitrogens with zero attached hydrogens (tertiary/aromatic N) is 2. The minimum absolute atomic E-state index is 0.0242. The summed E-state index contributed by atoms with van der Waals surface area (Å²) in [6, 6.07) is 9.69. The first kappa shape index (κ1) is 18.2. The molecule has 1 aliphatic rings. The van der Waals surface area contributed by atoms with Gasteiger partial charge in [-0.05, 0) is 30.2 Å². The smallest absolute Gasteiger partial charge is 0.270 e. The molecule has 0 saturated heterocycles. The Hall–Kier alpha value is -3.55. The van der Waals surface area contributed by atoms with Gasteiger partial charge in [0, 0.05) is 24.2 Å². The average Bonchev–Trinajstić information content (AvgIpc) is 2.90. The molecule has 27 heavy (non-hydrogen) atoms. The molecule has 0 unspecified atom stereocenters. The molecule has 0 bridgehead atoms. The fraction of sp³-hybridized carbons (Fsp3) is 0.211. The molecule has 1 N–H and O–H groups in total. The molecule has 0 fully saturated rings. The number of benzene rings is 2. The number of imide groups is 1. The molecule has 8 heteroatoms. The summed E-state index contributed by atoms with van der Waals surface area (Å²) < 4.78 is 0. The second kappa shape index (κ2) is 6.99. The molecule has 0 saturated carbocycles. The number of non-ortho nitro benzene ring substituents is 1. The van der Waals surface area contributed by atoms with E-state index in [1.54, 1.807) is 12.1 Å². The van der Waals surface area contributed by atoms with Gasteiger partial charge in [0.2, 0.25) is 0 Å². The molecule has 138 valence electrons. The first-order chi connectivity index (χ1) is 12.8. The summed E-state index contributed by atoms with van der Waals surface area (Å²) >= 11 is 0. The maximum absolute atomic E-state index is 12.7. The van der Waals surface area contributed by atoms with E-state index in [4.69, 9.17) is 0 Å². The Morgan fingerprint density at radius 3 is 2.48 bits per heavy atom. The molecule has 0 spiro atoms. The van der Waals surface area contributed by atoms with E-state index in [-0.39, 0.29) is 34.3 Å². The zero-order valence-electron chi connectivity index (χ0n) is 14.8. The molecule has 0 atom stereocenters. The van der Waals surface area contributed by atoms with Crippen molar-refractivity contribution in [2.45, 2.75) is 13.8 Å². The van der Waals surface area contributed by atoms with Crippen LogP contribution in [0, 0.1) is 16.0 Å². The third-order valence-electron chi connectivity index (χ3n) is 4.12. The maximum atomic E-state index is 12.7. The van der Waals surface area contributed by atoms with Gasteiger partial charge < -0.3 is 5.32 Å². The van der Waals surface area contributed by atoms with Gasteiger partial charge >= 0.3 is 0 Å². The minimum Gasteiger partial charge on any atom is -0.352 e. The van der Waals surface area contributed by atoms with Crippen molar-refractivity contribution in [2.24, 2.45) is 5.92 Å². The van der Waals surface area contributed by atoms with E-state index in [0.29, 0.717) is 12.1 Å². The average molecular weight is 367 g/mol. The second-order valence-electron chi connectivity index (χ2n) is 6.59. The fourth-order valence-electron chi connectivity index (χ4n) is 2.76. The largest absolute Gasteiger partial charge is 0.352 e. The van der Waals surface area contributed by atoms with Crippen LogP contribution in [0.15, 0.2) is 42.5 Å². The molecule has 2 aromatic carbocycles. The molecule has 0 radical (unpaired) electrons. The molecular formula is C19H17N3O5. The second-order valence-corrected chi connectivity index (χ2v) is 6.59. The van der Waals surface area contributed by atoms with Gasteiger partial charge in [-0.1, -0.05) is 19.9 Å². The minimum atomic E-state index is -0.654. The van der Waals surface area contributed by atoms with Gasteiger partial charge in [-0.25, -0.2) is 4.90 Å². The lowest BCUT2D eigenvalue weighted by Gasteiger charge is -2.15. The highest BCUT2D eigenvalue weighted by Gasteiger charge is 2.38. The number of hydrogen-bond acceptors (Lipinski definition) is 5. The van der Waals surface area contributed by atoms with Crippen molar-refractivity contribution < 1.29 is 19.3 Å². The number of hydrogen-bond donors (Lipinski definition) is 1. The van der Waals surface area contributed by atoms with Crippen LogP contribution in [0.1, 0.15) is 44.9 Å². The molecule has 1 heterocycles. The van der Waals surface area contributed by atoms with Crippen molar-refractivity contribution in [3.8, 4) is 0 Å². The third kappa shape index (κ3) is 3.41. The van der Waals surface area contributed by atoms with Crippen LogP contribution in [-0.4, -0.2) is 29.2 Å². The van der Waals surface area contributed by atoms with Gasteiger partial charge in [-0.15, -0.1) is 0 Å². The number of fused-ring (bicyclic) bond motifs is 1. The van der Waals surface area contributed by atoms with E-state index < -0.39 is 16.7 Å². The van der Waals surface area contributed by atoms with Crippen LogP contribution in [-0.2, 0) is 0 Å². The molecular weight excluding hydrogens is 350 g/mol. The van der Waals surface area contributed by atoms with Crippen LogP contribution < -0.4 is 10.2 Å². The monoisotopic (exact) mass is 367 g/mol. The highest BCUT2D eigenvalue weighted by atomic mass is 16.6. The predicted molar refractivity (Wildman–Crippen MR) is 97.8 cm³/mol. The number of nitrogens with one attached hydrogen (secondary N) is 1. The first-order valence-corrected chi connectivity index (χ1v) is 8.35. The van der Waals surface area contributed by atoms with Gasteiger partial charge in [-0.3, -0.25) is 24.5 Å². The summed E-state index contributed by atoms with van der Waals surface area (Å²) in [5, 5.41) is 13.7. The van der Waals surface area contributed by atoms with E-state index in [9.17, 15) is 24.5 Å². The molecule has 0 aromatic heterocycles. The van der Waals surface area contributed by atoms with Crippen LogP contribution in [0.2, 0.25) is 0 Å². The Morgan fingerprint density at radius 2 is 1.81 bits per heavy atom. The van der Waals surface area contributed by atoms with E-state index in [1.165, 1.54) is 24.3 Å². The molecule has 0 aliphatic carbocycles. The summed E-state index contributed by atoms with van der Waals surface area (Å²) in [4.78, 5) is 48.7. The third-order valence-corrected chi connectivity index (χ3v) is 4.12. The Balaban J connectivity index is 1.92. The number of nitro groups is 1. The number of carbonyl (C=O) groups excluding carboxylic acids is 3. The summed E-state index contributed by atoms with van der Waals surface area (Å²) in [5.41, 5.74) is 0.361. The number of rotatable bonds is 5.